The highest BCUT2D eigenvalue weighted by molar-refractivity contribution is 6.32. The molecular weight excluding hydrogens is 387 g/mol. The molecule has 0 fully saturated rings. The van der Waals surface area contributed by atoms with Crippen LogP contribution in [-0.4, -0.2) is 42.0 Å². The number of rotatable bonds is 10. The van der Waals surface area contributed by atoms with Gasteiger partial charge in [-0.25, -0.2) is 0 Å². The van der Waals surface area contributed by atoms with Crippen LogP contribution in [-0.2, 0) is 5.41 Å². The van der Waals surface area contributed by atoms with Crippen LogP contribution in [0.5, 0.6) is 11.5 Å². The highest BCUT2D eigenvalue weighted by atomic mass is 35.5. The number of aliphatic hydroxyl groups excluding tert-OH is 2. The van der Waals surface area contributed by atoms with Gasteiger partial charge in [0.1, 0.15) is 24.2 Å². The van der Waals surface area contributed by atoms with Crippen LogP contribution in [0.2, 0.25) is 5.02 Å². The van der Waals surface area contributed by atoms with Crippen molar-refractivity contribution in [1.82, 2.24) is 0 Å². The molecule has 2 aromatic rings. The lowest BCUT2D eigenvalue weighted by Gasteiger charge is -2.27. The number of benzene rings is 2. The Kier molecular flexibility index (Phi) is 8.24. The van der Waals surface area contributed by atoms with Crippen molar-refractivity contribution in [3.8, 4) is 11.5 Å². The van der Waals surface area contributed by atoms with Crippen LogP contribution in [0.1, 0.15) is 31.4 Å². The van der Waals surface area contributed by atoms with Crippen molar-refractivity contribution in [3.05, 3.63) is 58.6 Å². The molecule has 0 saturated carbocycles. The van der Waals surface area contributed by atoms with E-state index in [9.17, 15) is 5.11 Å². The molecule has 2 N–H and O–H groups in total. The highest BCUT2D eigenvalue weighted by Gasteiger charge is 2.24. The molecule has 0 aromatic heterocycles. The first kappa shape index (κ1) is 21.8. The van der Waals surface area contributed by atoms with Gasteiger partial charge in [0.2, 0.25) is 0 Å². The topological polar surface area (TPSA) is 58.9 Å². The Morgan fingerprint density at radius 2 is 1.70 bits per heavy atom. The summed E-state index contributed by atoms with van der Waals surface area (Å²) in [6, 6.07) is 13.6. The van der Waals surface area contributed by atoms with E-state index in [4.69, 9.17) is 37.8 Å². The van der Waals surface area contributed by atoms with E-state index in [2.05, 4.69) is 13.8 Å². The Hall–Kier alpha value is -1.46. The summed E-state index contributed by atoms with van der Waals surface area (Å²) in [5.41, 5.74) is 1.91. The van der Waals surface area contributed by atoms with Crippen LogP contribution in [0.3, 0.4) is 0 Å². The third-order valence-corrected chi connectivity index (χ3v) is 5.06. The quantitative estimate of drug-likeness (QED) is 0.448. The molecule has 0 saturated heterocycles. The number of halogens is 2. The van der Waals surface area contributed by atoms with Gasteiger partial charge in [-0.05, 0) is 35.4 Å². The summed E-state index contributed by atoms with van der Waals surface area (Å²) in [6.45, 7) is 4.96. The highest BCUT2D eigenvalue weighted by Crippen LogP contribution is 2.36. The Bertz CT molecular complexity index is 717. The average molecular weight is 413 g/mol. The first-order valence-corrected chi connectivity index (χ1v) is 9.80. The fourth-order valence-electron chi connectivity index (χ4n) is 2.63. The van der Waals surface area contributed by atoms with Crippen LogP contribution in [0.25, 0.3) is 0 Å². The van der Waals surface area contributed by atoms with Crippen molar-refractivity contribution >= 4 is 23.2 Å². The summed E-state index contributed by atoms with van der Waals surface area (Å²) in [5, 5.41) is 18.8. The Morgan fingerprint density at radius 3 is 2.30 bits per heavy atom. The third-order valence-electron chi connectivity index (χ3n) is 4.41. The number of alkyl halides is 1. The van der Waals surface area contributed by atoms with Crippen molar-refractivity contribution in [2.45, 2.75) is 31.8 Å². The number of hydrogen-bond donors (Lipinski definition) is 2. The monoisotopic (exact) mass is 412 g/mol. The summed E-state index contributed by atoms with van der Waals surface area (Å²) >= 11 is 11.9. The normalized spacial score (nSPS) is 12.7. The van der Waals surface area contributed by atoms with E-state index in [1.165, 1.54) is 0 Å². The second-order valence-electron chi connectivity index (χ2n) is 6.84. The van der Waals surface area contributed by atoms with E-state index in [0.717, 1.165) is 16.9 Å². The zero-order valence-electron chi connectivity index (χ0n) is 15.6. The molecule has 0 amide bonds. The van der Waals surface area contributed by atoms with Crippen molar-refractivity contribution < 1.29 is 19.7 Å². The second-order valence-corrected chi connectivity index (χ2v) is 7.56. The van der Waals surface area contributed by atoms with Crippen LogP contribution in [0.4, 0.5) is 0 Å². The van der Waals surface area contributed by atoms with E-state index in [1.54, 1.807) is 0 Å². The molecular formula is C21H26Cl2O4. The predicted molar refractivity (Wildman–Crippen MR) is 109 cm³/mol. The van der Waals surface area contributed by atoms with Gasteiger partial charge < -0.3 is 19.7 Å². The molecule has 4 nitrogen and oxygen atoms in total. The summed E-state index contributed by atoms with van der Waals surface area (Å²) in [7, 11) is 0. The second kappa shape index (κ2) is 10.2. The molecule has 2 aromatic carbocycles. The van der Waals surface area contributed by atoms with E-state index >= 15 is 0 Å². The molecule has 0 heterocycles. The van der Waals surface area contributed by atoms with Crippen LogP contribution in [0.15, 0.2) is 42.5 Å². The van der Waals surface area contributed by atoms with Gasteiger partial charge >= 0.3 is 0 Å². The standard InChI is InChI=1S/C21H26Cl2O4/c1-21(2,15-4-7-18(8-5-15)26-11-3-10-24)16-6-9-20(19(23)12-16)27-14-17(25)13-22/h4-9,12,17,24-25H,3,10-11,13-14H2,1-2H3/t17-/m0/s1. The molecule has 0 radical (unpaired) electrons. The van der Waals surface area contributed by atoms with Crippen molar-refractivity contribution in [2.75, 3.05) is 25.7 Å². The fraction of sp³-hybridized carbons (Fsp3) is 0.429. The average Bonchev–Trinajstić information content (AvgIpc) is 2.67. The Balaban J connectivity index is 2.12. The first-order valence-electron chi connectivity index (χ1n) is 8.89. The SMILES string of the molecule is CC(C)(c1ccc(OCCCO)cc1)c1ccc(OC[C@@H](O)CCl)c(Cl)c1. The maximum atomic E-state index is 9.51. The maximum absolute atomic E-state index is 9.51. The molecule has 148 valence electrons. The van der Waals surface area contributed by atoms with Crippen molar-refractivity contribution in [2.24, 2.45) is 0 Å². The zero-order chi connectivity index (χ0) is 19.9. The molecule has 0 aliphatic heterocycles. The van der Waals surface area contributed by atoms with Gasteiger partial charge in [0.05, 0.1) is 17.5 Å². The molecule has 0 aliphatic carbocycles. The summed E-state index contributed by atoms with van der Waals surface area (Å²) in [4.78, 5) is 0. The summed E-state index contributed by atoms with van der Waals surface area (Å²) in [5.74, 6) is 1.42. The predicted octanol–water partition coefficient (Wildman–Crippen LogP) is 4.41. The van der Waals surface area contributed by atoms with Gasteiger partial charge in [-0.3, -0.25) is 0 Å². The van der Waals surface area contributed by atoms with Gasteiger partial charge in [0.15, 0.2) is 0 Å². The molecule has 0 aliphatic rings. The van der Waals surface area contributed by atoms with Crippen LogP contribution >= 0.6 is 23.2 Å². The lowest BCUT2D eigenvalue weighted by atomic mass is 9.78. The maximum Gasteiger partial charge on any atom is 0.138 e. The molecule has 6 heteroatoms. The lowest BCUT2D eigenvalue weighted by molar-refractivity contribution is 0.125. The van der Waals surface area contributed by atoms with Gasteiger partial charge in [0, 0.05) is 18.4 Å². The Morgan fingerprint density at radius 1 is 1.04 bits per heavy atom. The zero-order valence-corrected chi connectivity index (χ0v) is 17.1. The van der Waals surface area contributed by atoms with E-state index in [-0.39, 0.29) is 24.5 Å². The smallest absolute Gasteiger partial charge is 0.138 e. The minimum Gasteiger partial charge on any atom is -0.494 e. The fourth-order valence-corrected chi connectivity index (χ4v) is 2.95. The molecule has 0 bridgehead atoms. The van der Waals surface area contributed by atoms with Gasteiger partial charge in [0.25, 0.3) is 0 Å². The first-order chi connectivity index (χ1) is 12.9. The van der Waals surface area contributed by atoms with Crippen LogP contribution in [0, 0.1) is 0 Å². The molecule has 2 rings (SSSR count). The number of ether oxygens (including phenoxy) is 2. The summed E-state index contributed by atoms with van der Waals surface area (Å²) < 4.78 is 11.1. The van der Waals surface area contributed by atoms with Gasteiger partial charge in [-0.1, -0.05) is 43.6 Å². The number of hydrogen-bond acceptors (Lipinski definition) is 4. The van der Waals surface area contributed by atoms with Gasteiger partial charge in [-0.2, -0.15) is 0 Å². The minimum absolute atomic E-state index is 0.101. The Labute approximate surface area is 170 Å². The minimum atomic E-state index is -0.725. The largest absolute Gasteiger partial charge is 0.494 e. The van der Waals surface area contributed by atoms with Crippen molar-refractivity contribution in [1.29, 1.82) is 0 Å². The van der Waals surface area contributed by atoms with E-state index in [0.29, 0.717) is 23.8 Å². The molecule has 0 spiro atoms. The van der Waals surface area contributed by atoms with Crippen molar-refractivity contribution in [3.63, 3.8) is 0 Å². The lowest BCUT2D eigenvalue weighted by Crippen LogP contribution is -2.20. The van der Waals surface area contributed by atoms with Crippen LogP contribution < -0.4 is 9.47 Å². The number of aliphatic hydroxyl groups is 2. The van der Waals surface area contributed by atoms with E-state index < -0.39 is 6.10 Å². The van der Waals surface area contributed by atoms with E-state index in [1.807, 2.05) is 42.5 Å². The molecule has 0 unspecified atom stereocenters. The molecule has 1 atom stereocenters. The molecule has 27 heavy (non-hydrogen) atoms. The summed E-state index contributed by atoms with van der Waals surface area (Å²) in [6.07, 6.45) is -0.112. The van der Waals surface area contributed by atoms with Gasteiger partial charge in [-0.15, -0.1) is 11.6 Å². The third kappa shape index (κ3) is 6.01.